The molecular formula is C21H22ClN5O2S. The van der Waals surface area contributed by atoms with Crippen molar-refractivity contribution in [1.82, 2.24) is 15.0 Å². The molecule has 0 fully saturated rings. The maximum atomic E-state index is 11.8. The van der Waals surface area contributed by atoms with E-state index in [0.717, 1.165) is 51.7 Å². The molecule has 0 spiro atoms. The van der Waals surface area contributed by atoms with Gasteiger partial charge in [-0.25, -0.2) is 9.97 Å². The quantitative estimate of drug-likeness (QED) is 0.641. The number of halogens is 1. The number of nitrogens with one attached hydrogen (secondary N) is 1. The lowest BCUT2D eigenvalue weighted by Crippen LogP contribution is -2.30. The Hall–Kier alpha value is -2.55. The lowest BCUT2D eigenvalue weighted by Gasteiger charge is -2.27. The van der Waals surface area contributed by atoms with E-state index < -0.39 is 0 Å². The van der Waals surface area contributed by atoms with E-state index in [1.54, 1.807) is 6.20 Å². The first-order valence-electron chi connectivity index (χ1n) is 9.56. The van der Waals surface area contributed by atoms with E-state index in [4.69, 9.17) is 16.3 Å². The zero-order valence-electron chi connectivity index (χ0n) is 17.0. The second kappa shape index (κ2) is 8.67. The molecule has 1 aliphatic heterocycles. The topological polar surface area (TPSA) is 80.2 Å². The highest BCUT2D eigenvalue weighted by Gasteiger charge is 2.23. The molecule has 0 radical (unpaired) electrons. The van der Waals surface area contributed by atoms with Crippen molar-refractivity contribution >= 4 is 39.8 Å². The molecule has 9 heteroatoms. The van der Waals surface area contributed by atoms with Crippen LogP contribution in [0.15, 0.2) is 24.5 Å². The molecule has 156 valence electrons. The van der Waals surface area contributed by atoms with Crippen LogP contribution < -0.4 is 10.2 Å². The van der Waals surface area contributed by atoms with Gasteiger partial charge in [-0.05, 0) is 31.0 Å². The molecule has 0 aliphatic carbocycles. The number of hydrogen-bond donors (Lipinski definition) is 1. The van der Waals surface area contributed by atoms with Gasteiger partial charge in [-0.2, -0.15) is 0 Å². The van der Waals surface area contributed by atoms with E-state index in [9.17, 15) is 4.79 Å². The number of aromatic nitrogens is 3. The summed E-state index contributed by atoms with van der Waals surface area (Å²) in [6.07, 6.45) is 4.32. The molecule has 0 saturated carbocycles. The van der Waals surface area contributed by atoms with Crippen LogP contribution in [-0.4, -0.2) is 41.1 Å². The second-order valence-corrected chi connectivity index (χ2v) is 8.73. The molecule has 0 aromatic carbocycles. The fourth-order valence-corrected chi connectivity index (χ4v) is 4.74. The Morgan fingerprint density at radius 1 is 1.30 bits per heavy atom. The molecule has 0 unspecified atom stereocenters. The number of pyridine rings is 2. The molecule has 4 heterocycles. The van der Waals surface area contributed by atoms with Gasteiger partial charge in [0.2, 0.25) is 0 Å². The van der Waals surface area contributed by atoms with Gasteiger partial charge in [-0.15, -0.1) is 0 Å². The average molecular weight is 444 g/mol. The molecular weight excluding hydrogens is 422 g/mol. The number of ether oxygens (including phenoxy) is 1. The Labute approximate surface area is 184 Å². The summed E-state index contributed by atoms with van der Waals surface area (Å²) >= 11 is 7.95. The first-order valence-corrected chi connectivity index (χ1v) is 10.8. The number of carbonyl (C=O) groups is 1. The first kappa shape index (κ1) is 20.7. The first-order chi connectivity index (χ1) is 14.4. The number of rotatable bonds is 5. The minimum absolute atomic E-state index is 0.0142. The van der Waals surface area contributed by atoms with Crippen LogP contribution in [0.4, 0.5) is 10.9 Å². The zero-order chi connectivity index (χ0) is 21.3. The third kappa shape index (κ3) is 4.30. The SMILES string of the molecule is COCC(=O)Nc1nc2c(s1)CN(c1cc(-c3ncc(C)cc3C)c(Cl)cn1)CC2. The minimum atomic E-state index is -0.203. The Bertz CT molecular complexity index is 1100. The van der Waals surface area contributed by atoms with E-state index in [2.05, 4.69) is 31.2 Å². The predicted octanol–water partition coefficient (Wildman–Crippen LogP) is 4.02. The lowest BCUT2D eigenvalue weighted by molar-refractivity contribution is -0.119. The maximum Gasteiger partial charge on any atom is 0.252 e. The monoisotopic (exact) mass is 443 g/mol. The predicted molar refractivity (Wildman–Crippen MR) is 119 cm³/mol. The van der Waals surface area contributed by atoms with Crippen LogP contribution in [0.2, 0.25) is 5.02 Å². The highest BCUT2D eigenvalue weighted by Crippen LogP contribution is 2.34. The second-order valence-electron chi connectivity index (χ2n) is 7.24. The third-order valence-electron chi connectivity index (χ3n) is 4.89. The zero-order valence-corrected chi connectivity index (χ0v) is 18.6. The van der Waals surface area contributed by atoms with Crippen molar-refractivity contribution in [2.24, 2.45) is 0 Å². The molecule has 4 rings (SSSR count). The summed E-state index contributed by atoms with van der Waals surface area (Å²) in [5, 5.41) is 3.97. The summed E-state index contributed by atoms with van der Waals surface area (Å²) in [4.78, 5) is 28.8. The van der Waals surface area contributed by atoms with Crippen molar-refractivity contribution in [2.45, 2.75) is 26.8 Å². The third-order valence-corrected chi connectivity index (χ3v) is 6.19. The summed E-state index contributed by atoms with van der Waals surface area (Å²) in [6.45, 7) is 5.55. The normalized spacial score (nSPS) is 13.3. The molecule has 1 N–H and O–H groups in total. The van der Waals surface area contributed by atoms with Gasteiger partial charge in [0.05, 0.1) is 23.0 Å². The Kier molecular flexibility index (Phi) is 5.99. The molecule has 7 nitrogen and oxygen atoms in total. The summed E-state index contributed by atoms with van der Waals surface area (Å²) in [6, 6.07) is 4.10. The van der Waals surface area contributed by atoms with Crippen LogP contribution in [0.1, 0.15) is 21.7 Å². The van der Waals surface area contributed by atoms with Gasteiger partial charge in [0.15, 0.2) is 5.13 Å². The van der Waals surface area contributed by atoms with Gasteiger partial charge in [-0.3, -0.25) is 15.1 Å². The number of amides is 1. The average Bonchev–Trinajstić information content (AvgIpc) is 3.10. The van der Waals surface area contributed by atoms with Crippen LogP contribution in [0.5, 0.6) is 0 Å². The summed E-state index contributed by atoms with van der Waals surface area (Å²) in [5.41, 5.74) is 4.96. The van der Waals surface area contributed by atoms with Gasteiger partial charge in [-0.1, -0.05) is 29.0 Å². The number of anilines is 2. The van der Waals surface area contributed by atoms with Crippen LogP contribution >= 0.6 is 22.9 Å². The van der Waals surface area contributed by atoms with Gasteiger partial charge < -0.3 is 9.64 Å². The van der Waals surface area contributed by atoms with Crippen LogP contribution in [-0.2, 0) is 22.5 Å². The molecule has 3 aromatic heterocycles. The van der Waals surface area contributed by atoms with E-state index in [1.165, 1.54) is 18.4 Å². The largest absolute Gasteiger partial charge is 0.375 e. The fraction of sp³-hybridized carbons (Fsp3) is 0.333. The molecule has 3 aromatic rings. The highest BCUT2D eigenvalue weighted by atomic mass is 35.5. The van der Waals surface area contributed by atoms with Crippen molar-refractivity contribution in [3.63, 3.8) is 0 Å². The van der Waals surface area contributed by atoms with Crippen LogP contribution in [0, 0.1) is 13.8 Å². The van der Waals surface area contributed by atoms with Crippen molar-refractivity contribution < 1.29 is 9.53 Å². The standard InChI is InChI=1S/C21H22ClN5O2S/c1-12-6-13(2)20(24-8-12)14-7-18(23-9-15(14)22)27-5-4-16-17(10-27)30-21(25-16)26-19(28)11-29-3/h6-9H,4-5,10-11H2,1-3H3,(H,25,26,28). The molecule has 0 saturated heterocycles. The van der Waals surface area contributed by atoms with Crippen molar-refractivity contribution in [1.29, 1.82) is 0 Å². The number of fused-ring (bicyclic) bond motifs is 1. The Balaban J connectivity index is 1.57. The highest BCUT2D eigenvalue weighted by molar-refractivity contribution is 7.15. The number of hydrogen-bond acceptors (Lipinski definition) is 7. The summed E-state index contributed by atoms with van der Waals surface area (Å²) in [5.74, 6) is 0.644. The molecule has 0 bridgehead atoms. The minimum Gasteiger partial charge on any atom is -0.375 e. The number of thiazole rings is 1. The van der Waals surface area contributed by atoms with Gasteiger partial charge in [0.25, 0.3) is 5.91 Å². The summed E-state index contributed by atoms with van der Waals surface area (Å²) < 4.78 is 4.86. The number of nitrogens with zero attached hydrogens (tertiary/aromatic N) is 4. The number of carbonyl (C=O) groups excluding carboxylic acids is 1. The molecule has 0 atom stereocenters. The van der Waals surface area contributed by atoms with Gasteiger partial charge >= 0.3 is 0 Å². The molecule has 1 aliphatic rings. The molecule has 30 heavy (non-hydrogen) atoms. The van der Waals surface area contributed by atoms with Gasteiger partial charge in [0, 0.05) is 42.9 Å². The van der Waals surface area contributed by atoms with E-state index >= 15 is 0 Å². The smallest absolute Gasteiger partial charge is 0.252 e. The van der Waals surface area contributed by atoms with E-state index in [0.29, 0.717) is 16.7 Å². The van der Waals surface area contributed by atoms with Crippen molar-refractivity contribution in [2.75, 3.05) is 30.5 Å². The number of methoxy groups -OCH3 is 1. The number of aryl methyl sites for hydroxylation is 2. The van der Waals surface area contributed by atoms with E-state index in [-0.39, 0.29) is 12.5 Å². The van der Waals surface area contributed by atoms with Crippen molar-refractivity contribution in [3.8, 4) is 11.3 Å². The fourth-order valence-electron chi connectivity index (χ4n) is 3.51. The van der Waals surface area contributed by atoms with Crippen molar-refractivity contribution in [3.05, 3.63) is 51.2 Å². The van der Waals surface area contributed by atoms with Crippen LogP contribution in [0.3, 0.4) is 0 Å². The lowest BCUT2D eigenvalue weighted by atomic mass is 10.1. The molecule has 1 amide bonds. The Morgan fingerprint density at radius 3 is 2.90 bits per heavy atom. The maximum absolute atomic E-state index is 11.8. The Morgan fingerprint density at radius 2 is 2.13 bits per heavy atom. The van der Waals surface area contributed by atoms with Crippen LogP contribution in [0.25, 0.3) is 11.3 Å². The summed E-state index contributed by atoms with van der Waals surface area (Å²) in [7, 11) is 1.49. The van der Waals surface area contributed by atoms with E-state index in [1.807, 2.05) is 26.1 Å². The van der Waals surface area contributed by atoms with Gasteiger partial charge in [0.1, 0.15) is 12.4 Å².